The maximum Gasteiger partial charge on any atom is 0.123 e. The van der Waals surface area contributed by atoms with Crippen LogP contribution < -0.4 is 4.74 Å². The average Bonchev–Trinajstić information content (AvgIpc) is 3.08. The summed E-state index contributed by atoms with van der Waals surface area (Å²) < 4.78 is 7.82. The lowest BCUT2D eigenvalue weighted by Crippen LogP contribution is -2.09. The number of aryl methyl sites for hydroxylation is 1. The minimum Gasteiger partial charge on any atom is -0.492 e. The molecule has 102 valence electrons. The van der Waals surface area contributed by atoms with Crippen LogP contribution in [0.25, 0.3) is 11.0 Å². The van der Waals surface area contributed by atoms with Gasteiger partial charge in [-0.3, -0.25) is 0 Å². The first kappa shape index (κ1) is 12.0. The number of imidazole rings is 1. The fraction of sp³-hybridized carbons (Fsp3) is 0.176. The SMILES string of the molecule is Cn1c(C2COc3ccccc32)nc2ccc(C#N)cc21. The van der Waals surface area contributed by atoms with E-state index >= 15 is 0 Å². The van der Waals surface area contributed by atoms with Crippen LogP contribution in [-0.2, 0) is 7.05 Å². The Morgan fingerprint density at radius 2 is 2.14 bits per heavy atom. The van der Waals surface area contributed by atoms with Crippen LogP contribution in [0.15, 0.2) is 42.5 Å². The number of aromatic nitrogens is 2. The van der Waals surface area contributed by atoms with E-state index < -0.39 is 0 Å². The monoisotopic (exact) mass is 275 g/mol. The molecule has 0 saturated carbocycles. The Morgan fingerprint density at radius 1 is 1.29 bits per heavy atom. The number of nitrogens with zero attached hydrogens (tertiary/aromatic N) is 3. The van der Waals surface area contributed by atoms with Crippen molar-refractivity contribution >= 4 is 11.0 Å². The summed E-state index contributed by atoms with van der Waals surface area (Å²) in [5, 5.41) is 9.04. The molecule has 0 radical (unpaired) electrons. The van der Waals surface area contributed by atoms with E-state index in [-0.39, 0.29) is 5.92 Å². The third-order valence-corrected chi connectivity index (χ3v) is 4.06. The first-order valence-corrected chi connectivity index (χ1v) is 6.86. The Hall–Kier alpha value is -2.80. The van der Waals surface area contributed by atoms with E-state index in [0.717, 1.165) is 22.6 Å². The molecule has 1 unspecified atom stereocenters. The number of hydrogen-bond acceptors (Lipinski definition) is 3. The van der Waals surface area contributed by atoms with E-state index in [9.17, 15) is 0 Å². The Labute approximate surface area is 122 Å². The maximum atomic E-state index is 9.04. The molecule has 0 spiro atoms. The summed E-state index contributed by atoms with van der Waals surface area (Å²) in [4.78, 5) is 4.74. The second-order valence-corrected chi connectivity index (χ2v) is 5.25. The predicted octanol–water partition coefficient (Wildman–Crippen LogP) is 2.97. The number of nitriles is 1. The first-order valence-electron chi connectivity index (χ1n) is 6.86. The van der Waals surface area contributed by atoms with Crippen molar-refractivity contribution in [2.75, 3.05) is 6.61 Å². The molecule has 1 aliphatic heterocycles. The Morgan fingerprint density at radius 3 is 3.00 bits per heavy atom. The quantitative estimate of drug-likeness (QED) is 0.686. The molecule has 0 fully saturated rings. The van der Waals surface area contributed by atoms with Crippen LogP contribution in [0.1, 0.15) is 22.9 Å². The van der Waals surface area contributed by atoms with Crippen LogP contribution in [0.4, 0.5) is 0 Å². The smallest absolute Gasteiger partial charge is 0.123 e. The molecule has 0 aliphatic carbocycles. The van der Waals surface area contributed by atoms with Crippen LogP contribution in [0.3, 0.4) is 0 Å². The van der Waals surface area contributed by atoms with Gasteiger partial charge in [-0.25, -0.2) is 4.98 Å². The van der Waals surface area contributed by atoms with Crippen LogP contribution in [-0.4, -0.2) is 16.2 Å². The van der Waals surface area contributed by atoms with Gasteiger partial charge < -0.3 is 9.30 Å². The van der Waals surface area contributed by atoms with Crippen LogP contribution in [0.5, 0.6) is 5.75 Å². The summed E-state index contributed by atoms with van der Waals surface area (Å²) in [7, 11) is 1.99. The van der Waals surface area contributed by atoms with E-state index in [1.54, 1.807) is 6.07 Å². The molecular weight excluding hydrogens is 262 g/mol. The molecular formula is C17H13N3O. The highest BCUT2D eigenvalue weighted by atomic mass is 16.5. The van der Waals surface area contributed by atoms with Gasteiger partial charge >= 0.3 is 0 Å². The number of benzene rings is 2. The third-order valence-electron chi connectivity index (χ3n) is 4.06. The molecule has 4 heteroatoms. The predicted molar refractivity (Wildman–Crippen MR) is 79.2 cm³/mol. The fourth-order valence-corrected chi connectivity index (χ4v) is 2.97. The number of fused-ring (bicyclic) bond motifs is 2. The Bertz CT molecular complexity index is 889. The molecule has 0 bridgehead atoms. The zero-order valence-electron chi connectivity index (χ0n) is 11.6. The van der Waals surface area contributed by atoms with Gasteiger partial charge in [0.25, 0.3) is 0 Å². The van der Waals surface area contributed by atoms with Gasteiger partial charge in [0, 0.05) is 12.6 Å². The van der Waals surface area contributed by atoms with Gasteiger partial charge in [0.05, 0.1) is 28.6 Å². The summed E-state index contributed by atoms with van der Waals surface area (Å²) in [5.41, 5.74) is 3.72. The molecule has 1 aromatic heterocycles. The van der Waals surface area contributed by atoms with Crippen molar-refractivity contribution in [1.82, 2.24) is 9.55 Å². The minimum absolute atomic E-state index is 0.143. The third kappa shape index (κ3) is 1.71. The van der Waals surface area contributed by atoms with Gasteiger partial charge in [-0.15, -0.1) is 0 Å². The summed E-state index contributed by atoms with van der Waals surface area (Å²) >= 11 is 0. The van der Waals surface area contributed by atoms with Crippen molar-refractivity contribution < 1.29 is 4.74 Å². The Balaban J connectivity index is 1.89. The standard InChI is InChI=1S/C17H13N3O/c1-20-15-8-11(9-18)6-7-14(15)19-17(20)13-10-21-16-5-3-2-4-12(13)16/h2-8,13H,10H2,1H3. The van der Waals surface area contributed by atoms with E-state index in [4.69, 9.17) is 15.0 Å². The molecule has 1 aliphatic rings. The summed E-state index contributed by atoms with van der Waals surface area (Å²) in [6, 6.07) is 15.9. The largest absolute Gasteiger partial charge is 0.492 e. The summed E-state index contributed by atoms with van der Waals surface area (Å²) in [5.74, 6) is 2.06. The number of para-hydroxylation sites is 1. The van der Waals surface area contributed by atoms with Gasteiger partial charge in [-0.1, -0.05) is 18.2 Å². The second-order valence-electron chi connectivity index (χ2n) is 5.25. The van der Waals surface area contributed by atoms with Crippen LogP contribution in [0, 0.1) is 11.3 Å². The number of hydrogen-bond donors (Lipinski definition) is 0. The molecule has 3 aromatic rings. The molecule has 0 saturated heterocycles. The summed E-state index contributed by atoms with van der Waals surface area (Å²) in [6.45, 7) is 0.613. The van der Waals surface area contributed by atoms with Crippen molar-refractivity contribution in [3.8, 4) is 11.8 Å². The van der Waals surface area contributed by atoms with Gasteiger partial charge in [0.15, 0.2) is 0 Å². The van der Waals surface area contributed by atoms with Crippen molar-refractivity contribution in [3.05, 3.63) is 59.4 Å². The minimum atomic E-state index is 0.143. The van der Waals surface area contributed by atoms with Gasteiger partial charge in [-0.05, 0) is 24.3 Å². The lowest BCUT2D eigenvalue weighted by Gasteiger charge is -2.09. The van der Waals surface area contributed by atoms with E-state index in [0.29, 0.717) is 12.2 Å². The van der Waals surface area contributed by atoms with Crippen molar-refractivity contribution in [2.45, 2.75) is 5.92 Å². The summed E-state index contributed by atoms with van der Waals surface area (Å²) in [6.07, 6.45) is 0. The zero-order chi connectivity index (χ0) is 14.4. The van der Waals surface area contributed by atoms with E-state index in [2.05, 4.69) is 16.7 Å². The molecule has 4 rings (SSSR count). The number of rotatable bonds is 1. The maximum absolute atomic E-state index is 9.04. The van der Waals surface area contributed by atoms with E-state index in [1.807, 2.05) is 37.4 Å². The van der Waals surface area contributed by atoms with Crippen LogP contribution >= 0.6 is 0 Å². The molecule has 2 heterocycles. The van der Waals surface area contributed by atoms with Crippen molar-refractivity contribution in [2.24, 2.45) is 7.05 Å². The normalized spacial score (nSPS) is 16.5. The van der Waals surface area contributed by atoms with Crippen molar-refractivity contribution in [1.29, 1.82) is 5.26 Å². The first-order chi connectivity index (χ1) is 10.3. The molecule has 0 N–H and O–H groups in total. The Kier molecular flexibility index (Phi) is 2.48. The van der Waals surface area contributed by atoms with Gasteiger partial charge in [-0.2, -0.15) is 5.26 Å². The lowest BCUT2D eigenvalue weighted by molar-refractivity contribution is 0.338. The van der Waals surface area contributed by atoms with Gasteiger partial charge in [0.2, 0.25) is 0 Å². The highest BCUT2D eigenvalue weighted by molar-refractivity contribution is 5.78. The fourth-order valence-electron chi connectivity index (χ4n) is 2.97. The van der Waals surface area contributed by atoms with Crippen LogP contribution in [0.2, 0.25) is 0 Å². The molecule has 4 nitrogen and oxygen atoms in total. The topological polar surface area (TPSA) is 50.8 Å². The average molecular weight is 275 g/mol. The highest BCUT2D eigenvalue weighted by Crippen LogP contribution is 2.38. The highest BCUT2D eigenvalue weighted by Gasteiger charge is 2.29. The molecule has 1 atom stereocenters. The van der Waals surface area contributed by atoms with Gasteiger partial charge in [0.1, 0.15) is 18.2 Å². The van der Waals surface area contributed by atoms with E-state index in [1.165, 1.54) is 5.56 Å². The van der Waals surface area contributed by atoms with Crippen molar-refractivity contribution in [3.63, 3.8) is 0 Å². The molecule has 21 heavy (non-hydrogen) atoms. The molecule has 0 amide bonds. The second kappa shape index (κ2) is 4.35. The molecule has 2 aromatic carbocycles. The zero-order valence-corrected chi connectivity index (χ0v) is 11.6. The lowest BCUT2D eigenvalue weighted by atomic mass is 10.0. The number of ether oxygens (including phenoxy) is 1.